The van der Waals surface area contributed by atoms with Crippen molar-refractivity contribution in [3.63, 3.8) is 0 Å². The number of nitrogens with zero attached hydrogens (tertiary/aromatic N) is 4. The smallest absolute Gasteiger partial charge is 0.252 e. The largest absolute Gasteiger partial charge is 0.497 e. The first kappa shape index (κ1) is 21.6. The van der Waals surface area contributed by atoms with Crippen molar-refractivity contribution in [3.05, 3.63) is 66.2 Å². The fourth-order valence-electron chi connectivity index (χ4n) is 3.12. The highest BCUT2D eigenvalue weighted by Gasteiger charge is 2.12. The van der Waals surface area contributed by atoms with Gasteiger partial charge in [-0.3, -0.25) is 4.79 Å². The number of hydrogen-bond acceptors (Lipinski definition) is 7. The van der Waals surface area contributed by atoms with Crippen LogP contribution < -0.4 is 14.8 Å². The molecular formula is C23H23N5O3S. The molecule has 1 amide bonds. The van der Waals surface area contributed by atoms with E-state index in [0.29, 0.717) is 29.5 Å². The topological polar surface area (TPSA) is 90.6 Å². The van der Waals surface area contributed by atoms with Crippen LogP contribution in [0.3, 0.4) is 0 Å². The number of fused-ring (bicyclic) bond motifs is 1. The Hall–Kier alpha value is -3.59. The van der Waals surface area contributed by atoms with E-state index in [1.807, 2.05) is 48.5 Å². The predicted molar refractivity (Wildman–Crippen MR) is 123 cm³/mol. The average molecular weight is 450 g/mol. The maximum atomic E-state index is 12.5. The van der Waals surface area contributed by atoms with E-state index < -0.39 is 0 Å². The standard InChI is InChI=1S/C23H23N5O3S/c1-3-32-19-7-5-4-6-18(19)23(29)24-14-15-31-21-13-12-20-25-26-22(28(20)27-21)16-8-10-17(30-2)11-9-16/h4-13H,3,14-15H2,1-2H3,(H,24,29). The molecule has 1 N–H and O–H groups in total. The molecule has 0 aliphatic heterocycles. The molecule has 2 aromatic heterocycles. The number of benzene rings is 2. The van der Waals surface area contributed by atoms with E-state index in [4.69, 9.17) is 9.47 Å². The number of methoxy groups -OCH3 is 1. The average Bonchev–Trinajstić information content (AvgIpc) is 3.25. The van der Waals surface area contributed by atoms with Crippen LogP contribution in [0.4, 0.5) is 0 Å². The van der Waals surface area contributed by atoms with Crippen molar-refractivity contribution in [2.24, 2.45) is 0 Å². The number of ether oxygens (including phenoxy) is 2. The third-order valence-electron chi connectivity index (χ3n) is 4.66. The number of carbonyl (C=O) groups is 1. The third-order valence-corrected chi connectivity index (χ3v) is 5.61. The van der Waals surface area contributed by atoms with Crippen LogP contribution in [-0.4, -0.2) is 51.7 Å². The number of carbonyl (C=O) groups excluding carboxylic acids is 1. The molecule has 0 bridgehead atoms. The SMILES string of the molecule is CCSc1ccccc1C(=O)NCCOc1ccc2nnc(-c3ccc(OC)cc3)n2n1. The summed E-state index contributed by atoms with van der Waals surface area (Å²) in [4.78, 5) is 13.5. The van der Waals surface area contributed by atoms with Gasteiger partial charge in [-0.05, 0) is 48.2 Å². The minimum absolute atomic E-state index is 0.117. The minimum atomic E-state index is -0.117. The number of nitrogens with one attached hydrogen (secondary N) is 1. The van der Waals surface area contributed by atoms with Crippen molar-refractivity contribution in [1.82, 2.24) is 25.1 Å². The molecule has 0 aliphatic carbocycles. The van der Waals surface area contributed by atoms with Crippen LogP contribution in [0, 0.1) is 0 Å². The summed E-state index contributed by atoms with van der Waals surface area (Å²) >= 11 is 1.65. The monoisotopic (exact) mass is 449 g/mol. The Balaban J connectivity index is 1.39. The molecule has 8 nitrogen and oxygen atoms in total. The van der Waals surface area contributed by atoms with Crippen molar-refractivity contribution >= 4 is 23.3 Å². The van der Waals surface area contributed by atoms with Gasteiger partial charge in [0.15, 0.2) is 11.5 Å². The molecule has 4 aromatic rings. The predicted octanol–water partition coefficient (Wildman–Crippen LogP) is 3.72. The zero-order valence-electron chi connectivity index (χ0n) is 17.8. The van der Waals surface area contributed by atoms with Gasteiger partial charge in [0.2, 0.25) is 5.88 Å². The first-order valence-corrected chi connectivity index (χ1v) is 11.2. The molecule has 0 saturated heterocycles. The maximum Gasteiger partial charge on any atom is 0.252 e. The van der Waals surface area contributed by atoms with Gasteiger partial charge in [0.1, 0.15) is 12.4 Å². The van der Waals surface area contributed by atoms with Crippen molar-refractivity contribution < 1.29 is 14.3 Å². The molecule has 0 atom stereocenters. The van der Waals surface area contributed by atoms with Gasteiger partial charge < -0.3 is 14.8 Å². The van der Waals surface area contributed by atoms with Crippen LogP contribution in [-0.2, 0) is 0 Å². The molecule has 2 heterocycles. The number of thioether (sulfide) groups is 1. The highest BCUT2D eigenvalue weighted by atomic mass is 32.2. The van der Waals surface area contributed by atoms with Gasteiger partial charge in [-0.25, -0.2) is 0 Å². The first-order chi connectivity index (χ1) is 15.7. The maximum absolute atomic E-state index is 12.5. The molecule has 0 radical (unpaired) electrons. The Bertz CT molecular complexity index is 1210. The normalized spacial score (nSPS) is 10.8. The number of amides is 1. The van der Waals surface area contributed by atoms with E-state index in [0.717, 1.165) is 22.0 Å². The zero-order valence-corrected chi connectivity index (χ0v) is 18.6. The summed E-state index contributed by atoms with van der Waals surface area (Å²) in [6, 6.07) is 18.6. The third kappa shape index (κ3) is 4.83. The molecule has 32 heavy (non-hydrogen) atoms. The quantitative estimate of drug-likeness (QED) is 0.308. The summed E-state index contributed by atoms with van der Waals surface area (Å²) in [6.07, 6.45) is 0. The Morgan fingerprint density at radius 1 is 1.06 bits per heavy atom. The summed E-state index contributed by atoms with van der Waals surface area (Å²) in [7, 11) is 1.62. The van der Waals surface area contributed by atoms with E-state index in [1.54, 1.807) is 35.5 Å². The summed E-state index contributed by atoms with van der Waals surface area (Å²) in [6.45, 7) is 2.71. The lowest BCUT2D eigenvalue weighted by Crippen LogP contribution is -2.28. The van der Waals surface area contributed by atoms with Crippen LogP contribution in [0.5, 0.6) is 11.6 Å². The van der Waals surface area contributed by atoms with Crippen LogP contribution in [0.1, 0.15) is 17.3 Å². The molecule has 0 spiro atoms. The molecule has 164 valence electrons. The van der Waals surface area contributed by atoms with Gasteiger partial charge >= 0.3 is 0 Å². The Kier molecular flexibility index (Phi) is 6.86. The second kappa shape index (κ2) is 10.1. The lowest BCUT2D eigenvalue weighted by molar-refractivity contribution is 0.0943. The molecule has 2 aromatic carbocycles. The highest BCUT2D eigenvalue weighted by Crippen LogP contribution is 2.23. The molecule has 0 unspecified atom stereocenters. The first-order valence-electron chi connectivity index (χ1n) is 10.2. The number of hydrogen-bond donors (Lipinski definition) is 1. The van der Waals surface area contributed by atoms with E-state index in [2.05, 4.69) is 27.5 Å². The Morgan fingerprint density at radius 3 is 2.66 bits per heavy atom. The molecule has 4 rings (SSSR count). The van der Waals surface area contributed by atoms with E-state index in [1.165, 1.54) is 0 Å². The highest BCUT2D eigenvalue weighted by molar-refractivity contribution is 7.99. The number of rotatable bonds is 9. The van der Waals surface area contributed by atoms with Crippen LogP contribution in [0.25, 0.3) is 17.0 Å². The van der Waals surface area contributed by atoms with Crippen molar-refractivity contribution in [1.29, 1.82) is 0 Å². The number of aromatic nitrogens is 4. The Labute approximate surface area is 190 Å². The lowest BCUT2D eigenvalue weighted by atomic mass is 10.2. The molecule has 0 saturated carbocycles. The van der Waals surface area contributed by atoms with Gasteiger partial charge in [-0.1, -0.05) is 19.1 Å². The van der Waals surface area contributed by atoms with Gasteiger partial charge in [-0.15, -0.1) is 27.1 Å². The second-order valence-electron chi connectivity index (χ2n) is 6.73. The van der Waals surface area contributed by atoms with Crippen LogP contribution >= 0.6 is 11.8 Å². The summed E-state index contributed by atoms with van der Waals surface area (Å²) in [5.74, 6) is 2.57. The second-order valence-corrected chi connectivity index (χ2v) is 8.03. The molecule has 9 heteroatoms. The molecule has 0 aliphatic rings. The van der Waals surface area contributed by atoms with Crippen LogP contribution in [0.2, 0.25) is 0 Å². The van der Waals surface area contributed by atoms with Crippen molar-refractivity contribution in [3.8, 4) is 23.0 Å². The van der Waals surface area contributed by atoms with E-state index in [9.17, 15) is 4.79 Å². The Morgan fingerprint density at radius 2 is 1.88 bits per heavy atom. The zero-order chi connectivity index (χ0) is 22.3. The van der Waals surface area contributed by atoms with Crippen molar-refractivity contribution in [2.45, 2.75) is 11.8 Å². The van der Waals surface area contributed by atoms with Gasteiger partial charge in [0, 0.05) is 16.5 Å². The molecule has 0 fully saturated rings. The fourth-order valence-corrected chi connectivity index (χ4v) is 3.92. The summed E-state index contributed by atoms with van der Waals surface area (Å²) < 4.78 is 12.6. The van der Waals surface area contributed by atoms with E-state index >= 15 is 0 Å². The summed E-state index contributed by atoms with van der Waals surface area (Å²) in [5, 5.41) is 15.8. The van der Waals surface area contributed by atoms with Gasteiger partial charge in [-0.2, -0.15) is 4.52 Å². The fraction of sp³-hybridized carbons (Fsp3) is 0.217. The summed E-state index contributed by atoms with van der Waals surface area (Å²) in [5.41, 5.74) is 2.15. The van der Waals surface area contributed by atoms with Gasteiger partial charge in [0.05, 0.1) is 19.2 Å². The van der Waals surface area contributed by atoms with E-state index in [-0.39, 0.29) is 12.5 Å². The van der Waals surface area contributed by atoms with Gasteiger partial charge in [0.25, 0.3) is 5.91 Å². The van der Waals surface area contributed by atoms with Crippen LogP contribution in [0.15, 0.2) is 65.6 Å². The molecular weight excluding hydrogens is 426 g/mol. The van der Waals surface area contributed by atoms with Crippen molar-refractivity contribution in [2.75, 3.05) is 26.0 Å². The minimum Gasteiger partial charge on any atom is -0.497 e. The lowest BCUT2D eigenvalue weighted by Gasteiger charge is -2.10.